The Balaban J connectivity index is -0.000000113. The largest absolute Gasteiger partial charge is 0.387 e. The van der Waals surface area contributed by atoms with Crippen molar-refractivity contribution in [3.8, 4) is 0 Å². The van der Waals surface area contributed by atoms with Crippen LogP contribution in [0.5, 0.6) is 0 Å². The highest BCUT2D eigenvalue weighted by atomic mass is 31.2. The molecule has 0 amide bonds. The SMILES string of the molecule is C.CC.CC1=NCN=N1.CP(C)(C)=O.CP(C)(N)=O.O=c1cco[nH]1. The Bertz CT molecular complexity index is 555. The highest BCUT2D eigenvalue weighted by molar-refractivity contribution is 7.61. The molecule has 0 saturated carbocycles. The number of nitrogens with zero attached hydrogens (tertiary/aromatic N) is 3. The van der Waals surface area contributed by atoms with Gasteiger partial charge >= 0.3 is 0 Å². The molecule has 11 heteroatoms. The summed E-state index contributed by atoms with van der Waals surface area (Å²) < 4.78 is 24.5. The van der Waals surface area contributed by atoms with E-state index in [-0.39, 0.29) is 13.0 Å². The first-order valence-electron chi connectivity index (χ1n) is 7.16. The number of nitrogens with two attached hydrogens (primary N) is 1. The van der Waals surface area contributed by atoms with Gasteiger partial charge in [0.25, 0.3) is 5.56 Å². The lowest BCUT2D eigenvalue weighted by Crippen LogP contribution is -1.91. The lowest BCUT2D eigenvalue weighted by Gasteiger charge is -1.87. The second-order valence-corrected chi connectivity index (χ2v) is 11.9. The van der Waals surface area contributed by atoms with Crippen LogP contribution in [0.1, 0.15) is 28.2 Å². The van der Waals surface area contributed by atoms with Crippen LogP contribution in [0.15, 0.2) is 36.9 Å². The fourth-order valence-electron chi connectivity index (χ4n) is 0.521. The van der Waals surface area contributed by atoms with Gasteiger partial charge in [-0.05, 0) is 26.9 Å². The molecule has 1 aromatic rings. The lowest BCUT2D eigenvalue weighted by atomic mass is 10.7. The minimum Gasteiger partial charge on any atom is -0.387 e. The van der Waals surface area contributed by atoms with Crippen LogP contribution < -0.4 is 11.1 Å². The number of azo groups is 1. The van der Waals surface area contributed by atoms with Gasteiger partial charge < -0.3 is 13.7 Å². The van der Waals surface area contributed by atoms with E-state index in [1.165, 1.54) is 25.7 Å². The summed E-state index contributed by atoms with van der Waals surface area (Å²) in [6.07, 6.45) is 1.29. The number of hydrogen-bond acceptors (Lipinski definition) is 7. The maximum absolute atomic E-state index is 10.2. The highest BCUT2D eigenvalue weighted by Crippen LogP contribution is 2.28. The summed E-state index contributed by atoms with van der Waals surface area (Å²) in [5.74, 6) is 0.787. The van der Waals surface area contributed by atoms with E-state index in [1.807, 2.05) is 20.8 Å². The Morgan fingerprint density at radius 3 is 1.64 bits per heavy atom. The third kappa shape index (κ3) is 60.3. The molecule has 0 aromatic carbocycles. The molecule has 2 heterocycles. The fourth-order valence-corrected chi connectivity index (χ4v) is 0.521. The van der Waals surface area contributed by atoms with Gasteiger partial charge in [-0.2, -0.15) is 10.3 Å². The molecule has 0 unspecified atom stereocenters. The van der Waals surface area contributed by atoms with E-state index in [0.29, 0.717) is 6.67 Å². The average Bonchev–Trinajstić information content (AvgIpc) is 3.02. The van der Waals surface area contributed by atoms with Gasteiger partial charge in [0.05, 0.1) is 7.14 Å². The van der Waals surface area contributed by atoms with Crippen molar-refractivity contribution in [2.24, 2.45) is 20.7 Å². The zero-order valence-electron chi connectivity index (χ0n) is 15.8. The number of rotatable bonds is 0. The first kappa shape index (κ1) is 31.5. The monoisotopic (exact) mass is 399 g/mol. The lowest BCUT2D eigenvalue weighted by molar-refractivity contribution is 0.413. The van der Waals surface area contributed by atoms with Gasteiger partial charge in [0, 0.05) is 19.4 Å². The summed E-state index contributed by atoms with van der Waals surface area (Å²) in [7, 11) is -3.78. The fraction of sp³-hybridized carbons (Fsp3) is 0.714. The molecule has 1 aliphatic rings. The quantitative estimate of drug-likeness (QED) is 0.629. The maximum atomic E-state index is 10.2. The van der Waals surface area contributed by atoms with Gasteiger partial charge in [0.1, 0.15) is 19.4 Å². The second-order valence-electron chi connectivity index (χ2n) is 5.30. The third-order valence-corrected chi connectivity index (χ3v) is 1.03. The Morgan fingerprint density at radius 1 is 1.16 bits per heavy atom. The van der Waals surface area contributed by atoms with Crippen LogP contribution in [-0.4, -0.2) is 51.0 Å². The zero-order chi connectivity index (χ0) is 19.8. The van der Waals surface area contributed by atoms with Gasteiger partial charge in [-0.25, -0.2) is 4.99 Å². The van der Waals surface area contributed by atoms with Crippen molar-refractivity contribution in [2.45, 2.75) is 28.2 Å². The Kier molecular flexibility index (Phi) is 22.1. The van der Waals surface area contributed by atoms with Crippen molar-refractivity contribution in [3.05, 3.63) is 22.7 Å². The first-order chi connectivity index (χ1) is 10.8. The highest BCUT2D eigenvalue weighted by Gasteiger charge is 1.90. The Morgan fingerprint density at radius 2 is 1.56 bits per heavy atom. The van der Waals surface area contributed by atoms with Gasteiger partial charge in [0.15, 0.2) is 6.67 Å². The van der Waals surface area contributed by atoms with Crippen LogP contribution >= 0.6 is 14.4 Å². The van der Waals surface area contributed by atoms with Gasteiger partial charge in [0.2, 0.25) is 0 Å². The molecule has 0 bridgehead atoms. The predicted molar refractivity (Wildman–Crippen MR) is 109 cm³/mol. The number of H-pyrrole nitrogens is 1. The summed E-state index contributed by atoms with van der Waals surface area (Å²) in [5.41, 5.74) is 4.71. The van der Waals surface area contributed by atoms with Crippen molar-refractivity contribution in [1.82, 2.24) is 5.16 Å². The zero-order valence-corrected chi connectivity index (χ0v) is 17.6. The molecule has 9 nitrogen and oxygen atoms in total. The van der Waals surface area contributed by atoms with Crippen LogP contribution in [0.25, 0.3) is 0 Å². The van der Waals surface area contributed by atoms with Crippen LogP contribution in [0.4, 0.5) is 0 Å². The van der Waals surface area contributed by atoms with Gasteiger partial charge in [-0.3, -0.25) is 10.3 Å². The molecular weight excluding hydrogens is 364 g/mol. The summed E-state index contributed by atoms with van der Waals surface area (Å²) in [6.45, 7) is 14.6. The van der Waals surface area contributed by atoms with Crippen molar-refractivity contribution >= 4 is 20.3 Å². The van der Waals surface area contributed by atoms with Gasteiger partial charge in [-0.15, -0.1) is 5.11 Å². The van der Waals surface area contributed by atoms with E-state index >= 15 is 0 Å². The summed E-state index contributed by atoms with van der Waals surface area (Å²) in [4.78, 5) is 13.7. The number of aliphatic imine (C=N–C) groups is 1. The van der Waals surface area contributed by atoms with Crippen molar-refractivity contribution in [3.63, 3.8) is 0 Å². The molecule has 2 rings (SSSR count). The topological polar surface area (TPSA) is 143 Å². The van der Waals surface area contributed by atoms with E-state index < -0.39 is 14.4 Å². The molecular formula is C14H35N5O4P2. The molecule has 0 aliphatic carbocycles. The number of amidine groups is 1. The molecule has 0 atom stereocenters. The first-order valence-corrected chi connectivity index (χ1v) is 12.9. The average molecular weight is 399 g/mol. The Labute approximate surface area is 151 Å². The van der Waals surface area contributed by atoms with Crippen LogP contribution in [0.2, 0.25) is 0 Å². The van der Waals surface area contributed by atoms with E-state index in [9.17, 15) is 13.9 Å². The van der Waals surface area contributed by atoms with Crippen molar-refractivity contribution < 1.29 is 13.7 Å². The summed E-state index contributed by atoms with van der Waals surface area (Å²) in [6, 6.07) is 1.31. The number of nitrogens with one attached hydrogen (secondary N) is 1. The van der Waals surface area contributed by atoms with E-state index in [0.717, 1.165) is 5.84 Å². The molecule has 1 aliphatic heterocycles. The third-order valence-electron chi connectivity index (χ3n) is 1.03. The molecule has 1 aromatic heterocycles. The maximum Gasteiger partial charge on any atom is 0.279 e. The number of aromatic nitrogens is 1. The molecule has 3 N–H and O–H groups in total. The van der Waals surface area contributed by atoms with E-state index in [4.69, 9.17) is 5.50 Å². The van der Waals surface area contributed by atoms with Crippen molar-refractivity contribution in [2.75, 3.05) is 40.0 Å². The normalized spacial score (nSPS) is 11.5. The molecule has 25 heavy (non-hydrogen) atoms. The van der Waals surface area contributed by atoms with Crippen molar-refractivity contribution in [1.29, 1.82) is 0 Å². The molecule has 0 radical (unpaired) electrons. The second kappa shape index (κ2) is 17.5. The smallest absolute Gasteiger partial charge is 0.279 e. The summed E-state index contributed by atoms with van der Waals surface area (Å²) in [5, 5.41) is 9.27. The number of hydrogen-bond donors (Lipinski definition) is 2. The standard InChI is InChI=1S/C3H5N3.C3H3NO2.C3H9OP.C2H8NOP.C2H6.CH4/c1-3-4-2-5-6-3;5-3-1-2-6-4-3;2*1-5(2,3)4;1-2;/h2H2,1H3;1-2H,(H,4,5);1-3H3;1-2H3,(H2,3,4);1-2H3;1H4. The Hall–Kier alpha value is -1.30. The predicted octanol–water partition coefficient (Wildman–Crippen LogP) is 4.18. The molecule has 0 fully saturated rings. The molecule has 0 spiro atoms. The summed E-state index contributed by atoms with van der Waals surface area (Å²) >= 11 is 0. The van der Waals surface area contributed by atoms with Crippen LogP contribution in [-0.2, 0) is 9.13 Å². The minimum atomic E-state index is -2.14. The number of aromatic amines is 1. The van der Waals surface area contributed by atoms with E-state index in [1.54, 1.807) is 20.0 Å². The molecule has 150 valence electrons. The minimum absolute atomic E-state index is 0. The van der Waals surface area contributed by atoms with Crippen LogP contribution in [0, 0.1) is 0 Å². The molecule has 0 saturated heterocycles. The van der Waals surface area contributed by atoms with E-state index in [2.05, 4.69) is 24.9 Å². The van der Waals surface area contributed by atoms with Gasteiger partial charge in [-0.1, -0.05) is 21.3 Å². The van der Waals surface area contributed by atoms with Crippen LogP contribution in [0.3, 0.4) is 0 Å².